The van der Waals surface area contributed by atoms with E-state index in [9.17, 15) is 4.79 Å². The van der Waals surface area contributed by atoms with Crippen molar-refractivity contribution in [1.29, 1.82) is 0 Å². The van der Waals surface area contributed by atoms with Gasteiger partial charge < -0.3 is 10.1 Å². The lowest BCUT2D eigenvalue weighted by Gasteiger charge is -2.09. The van der Waals surface area contributed by atoms with Gasteiger partial charge in [0, 0.05) is 23.6 Å². The average molecular weight is 215 g/mol. The molecule has 1 rings (SSSR count). The number of nitrogens with one attached hydrogen (secondary N) is 1. The smallest absolute Gasteiger partial charge is 0.331 e. The second-order valence-electron chi connectivity index (χ2n) is 3.39. The fraction of sp³-hybridized carbons (Fsp3) is 0.700. The van der Waals surface area contributed by atoms with Gasteiger partial charge in [-0.15, -0.1) is 0 Å². The minimum atomic E-state index is -0.308. The Balaban J connectivity index is 2.20. The maximum Gasteiger partial charge on any atom is 0.331 e. The molecular weight excluding hydrogens is 198 g/mol. The van der Waals surface area contributed by atoms with Gasteiger partial charge in [-0.3, -0.25) is 0 Å². The topological polar surface area (TPSA) is 38.3 Å². The predicted octanol–water partition coefficient (Wildman–Crippen LogP) is 1.55. The average Bonchev–Trinajstić information content (AvgIpc) is 2.65. The van der Waals surface area contributed by atoms with Crippen molar-refractivity contribution in [2.75, 3.05) is 13.4 Å². The molecule has 3 nitrogen and oxygen atoms in total. The molecule has 1 aliphatic carbocycles. The number of carbonyl (C=O) groups excluding carboxylic acids is 1. The predicted molar refractivity (Wildman–Crippen MR) is 59.2 cm³/mol. The summed E-state index contributed by atoms with van der Waals surface area (Å²) in [6.45, 7) is 0. The van der Waals surface area contributed by atoms with Crippen LogP contribution in [0.15, 0.2) is 12.3 Å². The summed E-state index contributed by atoms with van der Waals surface area (Å²) in [5, 5.41) is 3.99. The highest BCUT2D eigenvalue weighted by Gasteiger charge is 2.22. The molecule has 2 atom stereocenters. The normalized spacial score (nSPS) is 26.7. The SMILES string of the molecule is COC(=O)/C=C/NC1CCC(SC)C1. The van der Waals surface area contributed by atoms with Crippen molar-refractivity contribution >= 4 is 17.7 Å². The number of carbonyl (C=O) groups is 1. The lowest BCUT2D eigenvalue weighted by Crippen LogP contribution is -2.21. The Morgan fingerprint density at radius 2 is 2.36 bits per heavy atom. The highest BCUT2D eigenvalue weighted by atomic mass is 32.2. The van der Waals surface area contributed by atoms with Crippen LogP contribution in [0.5, 0.6) is 0 Å². The molecule has 0 aromatic carbocycles. The van der Waals surface area contributed by atoms with Crippen LogP contribution in [0.25, 0.3) is 0 Å². The first-order valence-corrected chi connectivity index (χ1v) is 6.08. The van der Waals surface area contributed by atoms with Crippen molar-refractivity contribution in [2.24, 2.45) is 0 Å². The third kappa shape index (κ3) is 3.62. The molecule has 1 saturated carbocycles. The molecule has 0 bridgehead atoms. The van der Waals surface area contributed by atoms with Crippen molar-refractivity contribution in [3.63, 3.8) is 0 Å². The summed E-state index contributed by atoms with van der Waals surface area (Å²) in [7, 11) is 1.38. The van der Waals surface area contributed by atoms with Crippen molar-refractivity contribution in [3.8, 4) is 0 Å². The first-order valence-electron chi connectivity index (χ1n) is 4.79. The summed E-state index contributed by atoms with van der Waals surface area (Å²) in [4.78, 5) is 10.8. The largest absolute Gasteiger partial charge is 0.466 e. The molecule has 80 valence electrons. The summed E-state index contributed by atoms with van der Waals surface area (Å²) in [6, 6.07) is 0.522. The summed E-state index contributed by atoms with van der Waals surface area (Å²) < 4.78 is 4.49. The zero-order chi connectivity index (χ0) is 10.4. The molecule has 1 fully saturated rings. The van der Waals surface area contributed by atoms with Crippen LogP contribution in [-0.2, 0) is 9.53 Å². The van der Waals surface area contributed by atoms with Gasteiger partial charge in [0.2, 0.25) is 0 Å². The number of rotatable bonds is 4. The molecule has 14 heavy (non-hydrogen) atoms. The molecule has 2 unspecified atom stereocenters. The van der Waals surface area contributed by atoms with E-state index < -0.39 is 0 Å². The highest BCUT2D eigenvalue weighted by molar-refractivity contribution is 7.99. The van der Waals surface area contributed by atoms with E-state index in [1.807, 2.05) is 11.8 Å². The zero-order valence-electron chi connectivity index (χ0n) is 8.66. The lowest BCUT2D eigenvalue weighted by molar-refractivity contribution is -0.134. The van der Waals surface area contributed by atoms with Crippen LogP contribution in [0.4, 0.5) is 0 Å². The van der Waals surface area contributed by atoms with Crippen LogP contribution in [0, 0.1) is 0 Å². The first kappa shape index (κ1) is 11.4. The number of ether oxygens (including phenoxy) is 1. The van der Waals surface area contributed by atoms with E-state index in [1.54, 1.807) is 6.20 Å². The van der Waals surface area contributed by atoms with E-state index in [4.69, 9.17) is 0 Å². The number of esters is 1. The van der Waals surface area contributed by atoms with E-state index >= 15 is 0 Å². The maximum absolute atomic E-state index is 10.8. The quantitative estimate of drug-likeness (QED) is 0.570. The summed E-state index contributed by atoms with van der Waals surface area (Å²) in [5.74, 6) is -0.308. The fourth-order valence-electron chi connectivity index (χ4n) is 1.63. The van der Waals surface area contributed by atoms with Crippen LogP contribution in [-0.4, -0.2) is 30.6 Å². The van der Waals surface area contributed by atoms with Gasteiger partial charge in [0.05, 0.1) is 7.11 Å². The van der Waals surface area contributed by atoms with Crippen LogP contribution in [0.1, 0.15) is 19.3 Å². The van der Waals surface area contributed by atoms with E-state index in [-0.39, 0.29) is 5.97 Å². The molecule has 1 N–H and O–H groups in total. The van der Waals surface area contributed by atoms with E-state index in [0.717, 1.165) is 5.25 Å². The summed E-state index contributed by atoms with van der Waals surface area (Å²) in [5.41, 5.74) is 0. The molecule has 0 radical (unpaired) electrons. The molecule has 4 heteroatoms. The number of hydrogen-bond donors (Lipinski definition) is 1. The Kier molecular flexibility index (Phi) is 4.87. The monoisotopic (exact) mass is 215 g/mol. The minimum absolute atomic E-state index is 0.308. The Bertz CT molecular complexity index is 218. The molecule has 0 saturated heterocycles. The Morgan fingerprint density at radius 3 is 2.93 bits per heavy atom. The molecule has 0 aromatic rings. The summed E-state index contributed by atoms with van der Waals surface area (Å²) >= 11 is 1.92. The number of hydrogen-bond acceptors (Lipinski definition) is 4. The molecule has 1 aliphatic rings. The number of thioether (sulfide) groups is 1. The van der Waals surface area contributed by atoms with Crippen LogP contribution in [0.2, 0.25) is 0 Å². The van der Waals surface area contributed by atoms with Gasteiger partial charge in [0.1, 0.15) is 0 Å². The molecule has 0 heterocycles. The standard InChI is InChI=1S/C10H17NO2S/c1-13-10(12)5-6-11-8-3-4-9(7-8)14-2/h5-6,8-9,11H,3-4,7H2,1-2H3/b6-5+. The molecule has 0 aliphatic heterocycles. The number of methoxy groups -OCH3 is 1. The van der Waals surface area contributed by atoms with Crippen molar-refractivity contribution in [1.82, 2.24) is 5.32 Å². The maximum atomic E-state index is 10.8. The van der Waals surface area contributed by atoms with Crippen molar-refractivity contribution in [3.05, 3.63) is 12.3 Å². The Hall–Kier alpha value is -0.640. The van der Waals surface area contributed by atoms with Crippen LogP contribution in [0.3, 0.4) is 0 Å². The van der Waals surface area contributed by atoms with Gasteiger partial charge in [-0.1, -0.05) is 0 Å². The molecule has 0 amide bonds. The van der Waals surface area contributed by atoms with E-state index in [1.165, 1.54) is 32.4 Å². The third-order valence-electron chi connectivity index (χ3n) is 2.47. The molecular formula is C10H17NO2S. The van der Waals surface area contributed by atoms with Crippen LogP contribution >= 0.6 is 11.8 Å². The minimum Gasteiger partial charge on any atom is -0.466 e. The van der Waals surface area contributed by atoms with Crippen molar-refractivity contribution < 1.29 is 9.53 Å². The van der Waals surface area contributed by atoms with Gasteiger partial charge in [-0.05, 0) is 25.5 Å². The van der Waals surface area contributed by atoms with Crippen LogP contribution < -0.4 is 5.32 Å². The molecule has 0 spiro atoms. The van der Waals surface area contributed by atoms with Gasteiger partial charge in [0.15, 0.2) is 0 Å². The summed E-state index contributed by atoms with van der Waals surface area (Å²) in [6.07, 6.45) is 8.91. The van der Waals surface area contributed by atoms with E-state index in [0.29, 0.717) is 6.04 Å². The fourth-order valence-corrected chi connectivity index (χ4v) is 2.42. The second-order valence-corrected chi connectivity index (χ2v) is 4.53. The third-order valence-corrected chi connectivity index (χ3v) is 3.57. The highest BCUT2D eigenvalue weighted by Crippen LogP contribution is 2.27. The Morgan fingerprint density at radius 1 is 1.57 bits per heavy atom. The molecule has 0 aromatic heterocycles. The zero-order valence-corrected chi connectivity index (χ0v) is 9.47. The van der Waals surface area contributed by atoms with Gasteiger partial charge in [-0.25, -0.2) is 4.79 Å². The van der Waals surface area contributed by atoms with Gasteiger partial charge >= 0.3 is 5.97 Å². The first-order chi connectivity index (χ1) is 6.76. The lowest BCUT2D eigenvalue weighted by atomic mass is 10.2. The van der Waals surface area contributed by atoms with Crippen molar-refractivity contribution in [2.45, 2.75) is 30.6 Å². The Labute approximate surface area is 89.3 Å². The van der Waals surface area contributed by atoms with Gasteiger partial charge in [-0.2, -0.15) is 11.8 Å². The second kappa shape index (κ2) is 5.96. The van der Waals surface area contributed by atoms with Gasteiger partial charge in [0.25, 0.3) is 0 Å². The van der Waals surface area contributed by atoms with E-state index in [2.05, 4.69) is 16.3 Å².